The van der Waals surface area contributed by atoms with Crippen LogP contribution in [0.25, 0.3) is 22.0 Å². The maximum Gasteiger partial charge on any atom is 0.303 e. The van der Waals surface area contributed by atoms with Crippen molar-refractivity contribution in [2.45, 2.75) is 43.7 Å². The number of likely N-dealkylation sites (tertiary alicyclic amines) is 1. The summed E-state index contributed by atoms with van der Waals surface area (Å²) in [6.07, 6.45) is 2.24. The molecule has 0 amide bonds. The molecule has 2 N–H and O–H groups in total. The summed E-state index contributed by atoms with van der Waals surface area (Å²) in [4.78, 5) is 22.0. The molecule has 1 atom stereocenters. The molecule has 0 unspecified atom stereocenters. The van der Waals surface area contributed by atoms with E-state index in [1.807, 2.05) is 0 Å². The van der Waals surface area contributed by atoms with Gasteiger partial charge in [-0.25, -0.2) is 31.6 Å². The lowest BCUT2D eigenvalue weighted by molar-refractivity contribution is -0.147. The van der Waals surface area contributed by atoms with Crippen LogP contribution in [0.2, 0.25) is 5.02 Å². The van der Waals surface area contributed by atoms with Crippen LogP contribution < -0.4 is 14.8 Å². The van der Waals surface area contributed by atoms with E-state index in [1.54, 1.807) is 0 Å². The molecule has 6 rings (SSSR count). The summed E-state index contributed by atoms with van der Waals surface area (Å²) in [5.74, 6) is -3.65. The van der Waals surface area contributed by atoms with E-state index in [9.17, 15) is 13.2 Å². The normalized spacial score (nSPS) is 17.0. The number of aromatic nitrogens is 2. The highest BCUT2D eigenvalue weighted by Crippen LogP contribution is 2.43. The number of nitrogens with zero attached hydrogens (tertiary/aromatic N) is 3. The Hall–Kier alpha value is -4.14. The van der Waals surface area contributed by atoms with Crippen LogP contribution in [0.1, 0.15) is 38.4 Å². The number of ether oxygens (including phenoxy) is 2. The quantitative estimate of drug-likeness (QED) is 0.215. The molecule has 15 heteroatoms. The van der Waals surface area contributed by atoms with Crippen molar-refractivity contribution in [3.8, 4) is 16.9 Å². The lowest BCUT2D eigenvalue weighted by atomic mass is 10.0. The minimum Gasteiger partial charge on any atom is -0.487 e. The van der Waals surface area contributed by atoms with Gasteiger partial charge in [-0.3, -0.25) is 9.52 Å². The van der Waals surface area contributed by atoms with Gasteiger partial charge in [0.05, 0.1) is 11.3 Å². The highest BCUT2D eigenvalue weighted by atomic mass is 35.5. The van der Waals surface area contributed by atoms with Crippen LogP contribution in [-0.4, -0.2) is 61.5 Å². The van der Waals surface area contributed by atoms with Crippen LogP contribution in [0.5, 0.6) is 5.75 Å². The first-order valence-electron chi connectivity index (χ1n) is 14.5. The Balaban J connectivity index is 1.29. The molecule has 1 saturated heterocycles. The molecule has 0 bridgehead atoms. The smallest absolute Gasteiger partial charge is 0.303 e. The molecule has 2 aliphatic heterocycles. The van der Waals surface area contributed by atoms with Crippen LogP contribution >= 0.6 is 11.6 Å². The van der Waals surface area contributed by atoms with Gasteiger partial charge in [-0.05, 0) is 61.3 Å². The maximum atomic E-state index is 15.9. The first-order chi connectivity index (χ1) is 21.9. The number of benzene rings is 3. The van der Waals surface area contributed by atoms with Gasteiger partial charge in [0.15, 0.2) is 11.9 Å². The van der Waals surface area contributed by atoms with Crippen molar-refractivity contribution < 1.29 is 35.9 Å². The summed E-state index contributed by atoms with van der Waals surface area (Å²) < 4.78 is 86.1. The van der Waals surface area contributed by atoms with E-state index in [4.69, 9.17) is 21.1 Å². The second-order valence-electron chi connectivity index (χ2n) is 11.1. The molecule has 1 fully saturated rings. The summed E-state index contributed by atoms with van der Waals surface area (Å²) in [5.41, 5.74) is -1.27. The summed E-state index contributed by atoms with van der Waals surface area (Å²) in [6.45, 7) is 5.97. The zero-order chi connectivity index (χ0) is 32.7. The number of carbonyl (C=O) groups excluding carboxylic acids is 1. The lowest BCUT2D eigenvalue weighted by Crippen LogP contribution is -2.39. The molecule has 1 aromatic heterocycles. The molecule has 0 aliphatic carbocycles. The van der Waals surface area contributed by atoms with E-state index in [1.165, 1.54) is 25.3 Å². The highest BCUT2D eigenvalue weighted by Gasteiger charge is 2.34. The molecule has 2 aliphatic rings. The number of fused-ring (bicyclic) bond motifs is 2. The van der Waals surface area contributed by atoms with Gasteiger partial charge in [0, 0.05) is 48.2 Å². The highest BCUT2D eigenvalue weighted by molar-refractivity contribution is 7.92. The Labute approximate surface area is 267 Å². The minimum atomic E-state index is -4.58. The van der Waals surface area contributed by atoms with Gasteiger partial charge in [0.25, 0.3) is 10.0 Å². The average Bonchev–Trinajstić information content (AvgIpc) is 3.40. The summed E-state index contributed by atoms with van der Waals surface area (Å²) >= 11 is 6.17. The number of nitrogens with one attached hydrogen (secondary N) is 2. The Bertz CT molecular complexity index is 1960. The summed E-state index contributed by atoms with van der Waals surface area (Å²) in [6, 6.07) is 6.66. The monoisotopic (exact) mass is 675 g/mol. The van der Waals surface area contributed by atoms with E-state index in [0.29, 0.717) is 0 Å². The van der Waals surface area contributed by atoms with Crippen LogP contribution in [0.3, 0.4) is 0 Å². The predicted octanol–water partition coefficient (Wildman–Crippen LogP) is 6.06. The molecule has 0 spiro atoms. The van der Waals surface area contributed by atoms with E-state index < -0.39 is 55.7 Å². The molecule has 0 saturated carbocycles. The van der Waals surface area contributed by atoms with Crippen molar-refractivity contribution in [2.75, 3.05) is 36.3 Å². The molecule has 10 nitrogen and oxygen atoms in total. The van der Waals surface area contributed by atoms with Crippen molar-refractivity contribution in [1.29, 1.82) is 0 Å². The Kier molecular flexibility index (Phi) is 8.70. The Morgan fingerprint density at radius 2 is 1.89 bits per heavy atom. The van der Waals surface area contributed by atoms with E-state index in [-0.39, 0.29) is 51.4 Å². The maximum absolute atomic E-state index is 15.9. The average molecular weight is 676 g/mol. The van der Waals surface area contributed by atoms with Crippen LogP contribution in [0.15, 0.2) is 47.5 Å². The molecule has 3 heterocycles. The van der Waals surface area contributed by atoms with Gasteiger partial charge in [-0.2, -0.15) is 0 Å². The van der Waals surface area contributed by atoms with Gasteiger partial charge < -0.3 is 19.7 Å². The second-order valence-corrected chi connectivity index (χ2v) is 13.2. The van der Waals surface area contributed by atoms with Gasteiger partial charge in [0.2, 0.25) is 5.95 Å². The minimum absolute atomic E-state index is 0.00358. The number of halogens is 4. The molecule has 242 valence electrons. The zero-order valence-electron chi connectivity index (χ0n) is 24.7. The van der Waals surface area contributed by atoms with Gasteiger partial charge >= 0.3 is 5.97 Å². The van der Waals surface area contributed by atoms with Gasteiger partial charge in [0.1, 0.15) is 34.4 Å². The Morgan fingerprint density at radius 3 is 2.61 bits per heavy atom. The number of sulfonamides is 1. The number of anilines is 2. The molecular weight excluding hydrogens is 647 g/mol. The second kappa shape index (κ2) is 12.6. The summed E-state index contributed by atoms with van der Waals surface area (Å²) in [5, 5.41) is 3.43. The fourth-order valence-corrected chi connectivity index (χ4v) is 7.27. The van der Waals surface area contributed by atoms with Crippen LogP contribution in [0.4, 0.5) is 24.8 Å². The molecule has 4 aromatic rings. The number of rotatable bonds is 8. The number of hydrogen-bond donors (Lipinski definition) is 2. The topological polar surface area (TPSA) is 123 Å². The SMILES string of the molecule is CCN1CCC(Nc2ncc3cc(-c4c(F)ccc(NS(=O)(=O)c5cc(Cl)cc6c5OC[C@H]6OC(C)=O)c4F)cc(F)c3n2)CC1. The predicted molar refractivity (Wildman–Crippen MR) is 166 cm³/mol. The van der Waals surface area contributed by atoms with Crippen molar-refractivity contribution in [2.24, 2.45) is 0 Å². The van der Waals surface area contributed by atoms with E-state index >= 15 is 13.2 Å². The zero-order valence-corrected chi connectivity index (χ0v) is 26.3. The van der Waals surface area contributed by atoms with E-state index in [2.05, 4.69) is 31.8 Å². The molecular formula is C31H29ClF3N5O5S. The first kappa shape index (κ1) is 31.8. The standard InChI is InChI=1S/C31H29ClF3N5O5S/c1-3-40-8-6-20(7-9-40)37-31-36-14-18-10-17(11-23(34)29(18)38-31)27-22(33)4-5-24(28(27)35)39-46(42,43)26-13-19(32)12-21-25(45-16(2)41)15-44-30(21)26/h4-5,10-14,20,25,39H,3,6-9,15H2,1-2H3,(H,36,37,38)/t25-/m1/s1. The molecule has 0 radical (unpaired) electrons. The van der Waals surface area contributed by atoms with Crippen molar-refractivity contribution in [3.63, 3.8) is 0 Å². The summed E-state index contributed by atoms with van der Waals surface area (Å²) in [7, 11) is -4.58. The molecule has 46 heavy (non-hydrogen) atoms. The van der Waals surface area contributed by atoms with Crippen molar-refractivity contribution in [3.05, 3.63) is 70.6 Å². The third-order valence-electron chi connectivity index (χ3n) is 8.00. The largest absolute Gasteiger partial charge is 0.487 e. The van der Waals surface area contributed by atoms with Crippen LogP contribution in [0, 0.1) is 17.5 Å². The van der Waals surface area contributed by atoms with E-state index in [0.717, 1.165) is 56.7 Å². The Morgan fingerprint density at radius 1 is 1.13 bits per heavy atom. The molecule has 3 aromatic carbocycles. The number of hydrogen-bond acceptors (Lipinski definition) is 9. The van der Waals surface area contributed by atoms with Gasteiger partial charge in [-0.15, -0.1) is 0 Å². The third-order valence-corrected chi connectivity index (χ3v) is 9.59. The fraction of sp³-hybridized carbons (Fsp3) is 0.323. The lowest BCUT2D eigenvalue weighted by Gasteiger charge is -2.31. The van der Waals surface area contributed by atoms with Gasteiger partial charge in [-0.1, -0.05) is 18.5 Å². The third kappa shape index (κ3) is 6.29. The van der Waals surface area contributed by atoms with Crippen LogP contribution in [-0.2, 0) is 19.6 Å². The first-order valence-corrected chi connectivity index (χ1v) is 16.4. The van der Waals surface area contributed by atoms with Crippen molar-refractivity contribution in [1.82, 2.24) is 14.9 Å². The van der Waals surface area contributed by atoms with Crippen molar-refractivity contribution >= 4 is 50.1 Å². The number of piperidine rings is 1. The fourth-order valence-electron chi connectivity index (χ4n) is 5.72. The number of esters is 1. The number of carbonyl (C=O) groups is 1.